The number of H-pyrrole nitrogens is 2. The Labute approximate surface area is 670 Å². The Morgan fingerprint density at radius 2 is 1.18 bits per heavy atom. The maximum absolute atomic E-state index is 14.7. The number of likely N-dealkylation sites (tertiary alicyclic amines) is 1. The molecule has 1 saturated heterocycles. The first-order valence-electron chi connectivity index (χ1n) is 38.3. The number of ether oxygens (including phenoxy) is 1. The summed E-state index contributed by atoms with van der Waals surface area (Å²) >= 11 is 0. The Balaban J connectivity index is 1.05. The number of fused-ring (bicyclic) bond motifs is 1. The van der Waals surface area contributed by atoms with Crippen LogP contribution in [0.15, 0.2) is 97.6 Å². The largest absolute Gasteiger partial charge is 0.480 e. The van der Waals surface area contributed by atoms with E-state index in [-0.39, 0.29) is 97.2 Å². The number of carbonyl (C=O) groups is 15. The Hall–Kier alpha value is -11.8. The van der Waals surface area contributed by atoms with Crippen LogP contribution >= 0.6 is 0 Å². The lowest BCUT2D eigenvalue weighted by Gasteiger charge is -2.30. The Kier molecular flexibility index (Phi) is 38.9. The lowest BCUT2D eigenvalue weighted by atomic mass is 10.0. The molecule has 0 unspecified atom stereocenters. The number of carboxylic acids is 3. The SMILES string of the molecule is CC(C)C[C@@H](CN1CCC[C@H]1C(N)=O)NC(=O)[C@H](Cc1cnc[nH]1)NC(=O)CNC(=O)[C@@H](NC(=O)[C@H](C)NC(=O)[C@H](Cc1c[nH]c2ccccc12)NC(=O)[C@H](CCC(N)=O)NC(=O)[C@@H](Cc1ccccc1)NC(=O)COCC(=O)Nc1ccc(CNC(=O)CN(CCNCC(=O)O)CCN(CCNCC(=O)O)CC(=O)O)cc1)C(C)C. The van der Waals surface area contributed by atoms with Gasteiger partial charge in [-0.2, -0.15) is 0 Å². The second-order valence-corrected chi connectivity index (χ2v) is 29.1. The standard InChI is InChI=1S/C77H110N20O19/c1-46(2)30-54(40-97-25-11-16-61(97)71(79)109)89-75(113)60(33-53-36-82-45-86-53)90-63(99)37-85-77(115)70(47(3)4)94-72(110)48(5)87-74(112)59(32-51-35-83-56-15-10-9-14-55(51)56)93-73(111)57(21-22-62(78)98)92-76(114)58(31-49-12-7-6-8-13-49)91-66(102)44-116-43-65(101)88-52-19-17-50(18-20-52)34-84-64(100)41-95(26-23-80-38-67(103)104)28-29-96(42-69(107)108)27-24-81-39-68(105)106/h6-10,12-15,17-20,35-36,45-48,54,57-61,70,80-81,83H,11,16,21-34,37-44H2,1-5H3,(H2,78,98)(H2,79,109)(H,82,86)(H,84,100)(H,85,115)(H,87,112)(H,88,101)(H,89,113)(H,90,99)(H,91,102)(H,92,114)(H,93,111)(H,94,110)(H,103,104)(H,105,106)(H,107,108)/t48-,54-,57-,58+,59-,60-,61-,70-/m0/s1. The normalized spacial score (nSPS) is 14.6. The number of carbonyl (C=O) groups excluding carboxylic acids is 12. The molecule has 6 rings (SSSR count). The first-order valence-corrected chi connectivity index (χ1v) is 38.3. The molecule has 2 aromatic heterocycles. The van der Waals surface area contributed by atoms with Crippen molar-refractivity contribution in [3.63, 3.8) is 0 Å². The number of imidazole rings is 1. The van der Waals surface area contributed by atoms with E-state index in [2.05, 4.69) is 78.8 Å². The number of aromatic amines is 2. The van der Waals surface area contributed by atoms with Gasteiger partial charge < -0.3 is 105 Å². The molecule has 1 fully saturated rings. The van der Waals surface area contributed by atoms with E-state index in [9.17, 15) is 77.0 Å². The maximum atomic E-state index is 14.7. The summed E-state index contributed by atoms with van der Waals surface area (Å²) in [6, 6.07) is 12.7. The van der Waals surface area contributed by atoms with Gasteiger partial charge in [-0.25, -0.2) is 4.98 Å². The van der Waals surface area contributed by atoms with Gasteiger partial charge in [0.25, 0.3) is 0 Å². The van der Waals surface area contributed by atoms with Crippen LogP contribution in [0, 0.1) is 11.8 Å². The van der Waals surface area contributed by atoms with Crippen molar-refractivity contribution in [3.8, 4) is 0 Å². The second-order valence-electron chi connectivity index (χ2n) is 29.1. The minimum absolute atomic E-state index is 0.000599. The topological polar surface area (TPSA) is 577 Å². The zero-order chi connectivity index (χ0) is 84.8. The average Bonchev–Trinajstić information content (AvgIpc) is 1.66. The molecule has 116 heavy (non-hydrogen) atoms. The van der Waals surface area contributed by atoms with Crippen LogP contribution in [-0.2, 0) is 102 Å². The van der Waals surface area contributed by atoms with Crippen molar-refractivity contribution in [1.82, 2.24) is 88.1 Å². The van der Waals surface area contributed by atoms with Gasteiger partial charge in [-0.15, -0.1) is 0 Å². The first kappa shape index (κ1) is 93.1. The number of hydrogen-bond acceptors (Lipinski definition) is 22. The van der Waals surface area contributed by atoms with E-state index >= 15 is 0 Å². The molecule has 3 heterocycles. The summed E-state index contributed by atoms with van der Waals surface area (Å²) < 4.78 is 5.46. The van der Waals surface area contributed by atoms with Crippen LogP contribution < -0.4 is 75.3 Å². The highest BCUT2D eigenvalue weighted by Gasteiger charge is 2.36. The summed E-state index contributed by atoms with van der Waals surface area (Å²) in [5, 5.41) is 60.4. The van der Waals surface area contributed by atoms with E-state index in [1.54, 1.807) is 109 Å². The van der Waals surface area contributed by atoms with Crippen LogP contribution in [0.1, 0.15) is 89.1 Å². The van der Waals surface area contributed by atoms with Crippen LogP contribution in [-0.4, -0.2) is 280 Å². The van der Waals surface area contributed by atoms with E-state index in [4.69, 9.17) is 26.4 Å². The van der Waals surface area contributed by atoms with Gasteiger partial charge in [0, 0.05) is 119 Å². The number of nitrogens with one attached hydrogen (secondary N) is 14. The molecule has 0 radical (unpaired) electrons. The smallest absolute Gasteiger partial charge is 0.317 e. The molecule has 1 aliphatic rings. The monoisotopic (exact) mass is 1620 g/mol. The lowest BCUT2D eigenvalue weighted by Crippen LogP contribution is -2.60. The van der Waals surface area contributed by atoms with Gasteiger partial charge in [-0.1, -0.05) is 88.4 Å². The van der Waals surface area contributed by atoms with Crippen molar-refractivity contribution >= 4 is 105 Å². The van der Waals surface area contributed by atoms with E-state index < -0.39 is 176 Å². The third-order valence-corrected chi connectivity index (χ3v) is 18.7. The molecular weight excluding hydrogens is 1510 g/mol. The summed E-state index contributed by atoms with van der Waals surface area (Å²) in [5.74, 6) is -12.6. The van der Waals surface area contributed by atoms with Gasteiger partial charge in [0.05, 0.1) is 45.1 Å². The number of para-hydroxylation sites is 1. The number of aromatic nitrogens is 3. The van der Waals surface area contributed by atoms with Crippen molar-refractivity contribution in [2.75, 3.05) is 104 Å². The molecule has 21 N–H and O–H groups in total. The highest BCUT2D eigenvalue weighted by molar-refractivity contribution is 5.98. The number of carboxylic acid groups (broad SMARTS) is 3. The summed E-state index contributed by atoms with van der Waals surface area (Å²) in [6.45, 7) is 7.72. The molecule has 0 aliphatic carbocycles. The summed E-state index contributed by atoms with van der Waals surface area (Å²) in [6.07, 6.45) is 5.29. The van der Waals surface area contributed by atoms with Crippen LogP contribution in [0.25, 0.3) is 10.9 Å². The highest BCUT2D eigenvalue weighted by atomic mass is 16.5. The fraction of sp³-hybridized carbons (Fsp3) is 0.506. The van der Waals surface area contributed by atoms with Gasteiger partial charge in [0.2, 0.25) is 70.9 Å². The van der Waals surface area contributed by atoms with Crippen LogP contribution in [0.3, 0.4) is 0 Å². The zero-order valence-corrected chi connectivity index (χ0v) is 65.8. The number of primary amides is 2. The summed E-state index contributed by atoms with van der Waals surface area (Å²) in [7, 11) is 0. The van der Waals surface area contributed by atoms with Gasteiger partial charge in [-0.05, 0) is 85.9 Å². The fourth-order valence-corrected chi connectivity index (χ4v) is 12.8. The molecular formula is C77H110N20O19. The number of aliphatic carboxylic acids is 3. The van der Waals surface area contributed by atoms with Crippen molar-refractivity contribution in [2.24, 2.45) is 23.3 Å². The number of amides is 12. The Morgan fingerprint density at radius 1 is 0.578 bits per heavy atom. The van der Waals surface area contributed by atoms with Crippen molar-refractivity contribution in [2.45, 2.75) is 141 Å². The van der Waals surface area contributed by atoms with E-state index in [0.717, 1.165) is 6.42 Å². The second kappa shape index (κ2) is 48.4. The molecule has 0 saturated carbocycles. The molecule has 39 nitrogen and oxygen atoms in total. The van der Waals surface area contributed by atoms with Crippen LogP contribution in [0.5, 0.6) is 0 Å². The third kappa shape index (κ3) is 34.1. The number of rotatable bonds is 54. The predicted octanol–water partition coefficient (Wildman–Crippen LogP) is -3.33. The Morgan fingerprint density at radius 3 is 1.81 bits per heavy atom. The van der Waals surface area contributed by atoms with E-state index in [1.165, 1.54) is 19.4 Å². The molecule has 632 valence electrons. The maximum Gasteiger partial charge on any atom is 0.317 e. The minimum atomic E-state index is -1.59. The van der Waals surface area contributed by atoms with Crippen LogP contribution in [0.2, 0.25) is 0 Å². The molecule has 5 aromatic rings. The van der Waals surface area contributed by atoms with Crippen molar-refractivity contribution in [3.05, 3.63) is 120 Å². The third-order valence-electron chi connectivity index (χ3n) is 18.7. The predicted molar refractivity (Wildman–Crippen MR) is 422 cm³/mol. The summed E-state index contributed by atoms with van der Waals surface area (Å²) in [5.41, 5.74) is 14.6. The van der Waals surface area contributed by atoms with Crippen molar-refractivity contribution < 1.29 is 92.0 Å². The summed E-state index contributed by atoms with van der Waals surface area (Å²) in [4.78, 5) is 213. The molecule has 0 spiro atoms. The van der Waals surface area contributed by atoms with Crippen molar-refractivity contribution in [1.29, 1.82) is 0 Å². The highest BCUT2D eigenvalue weighted by Crippen LogP contribution is 2.22. The molecule has 8 atom stereocenters. The zero-order valence-electron chi connectivity index (χ0n) is 65.8. The fourth-order valence-electron chi connectivity index (χ4n) is 12.8. The number of nitrogens with zero attached hydrogens (tertiary/aromatic N) is 4. The Bertz CT molecular complexity index is 4110. The lowest BCUT2D eigenvalue weighted by molar-refractivity contribution is -0.139. The number of anilines is 1. The van der Waals surface area contributed by atoms with Gasteiger partial charge >= 0.3 is 17.9 Å². The molecule has 12 amide bonds. The molecule has 0 bridgehead atoms. The average molecular weight is 1620 g/mol. The quantitative estimate of drug-likeness (QED) is 0.0169. The van der Waals surface area contributed by atoms with Gasteiger partial charge in [-0.3, -0.25) is 86.6 Å². The van der Waals surface area contributed by atoms with Gasteiger partial charge in [0.15, 0.2) is 0 Å². The number of benzene rings is 3. The number of nitrogens with two attached hydrogens (primary N) is 2. The molecule has 39 heteroatoms. The number of hydrogen-bond donors (Lipinski definition) is 19. The molecule has 1 aliphatic heterocycles. The molecule has 3 aromatic carbocycles. The first-order chi connectivity index (χ1) is 55.3. The minimum Gasteiger partial charge on any atom is -0.480 e. The van der Waals surface area contributed by atoms with Gasteiger partial charge in [0.1, 0.15) is 49.5 Å². The van der Waals surface area contributed by atoms with E-state index in [1.807, 2.05) is 18.7 Å². The van der Waals surface area contributed by atoms with E-state index in [0.29, 0.717) is 64.9 Å². The van der Waals surface area contributed by atoms with Crippen LogP contribution in [0.4, 0.5) is 5.69 Å².